The molecule has 1 aliphatic heterocycles. The molecule has 1 fully saturated rings. The summed E-state index contributed by atoms with van der Waals surface area (Å²) >= 11 is 0. The van der Waals surface area contributed by atoms with Crippen molar-refractivity contribution in [2.75, 3.05) is 6.61 Å². The molecule has 0 amide bonds. The van der Waals surface area contributed by atoms with Gasteiger partial charge in [-0.25, -0.2) is 4.79 Å². The van der Waals surface area contributed by atoms with Gasteiger partial charge in [0.2, 0.25) is 0 Å². The smallest absolute Gasteiger partial charge is 0.330 e. The van der Waals surface area contributed by atoms with Crippen molar-refractivity contribution in [3.8, 4) is 0 Å². The maximum Gasteiger partial charge on any atom is 0.330 e. The number of nitrogens with zero attached hydrogens (tertiary/aromatic N) is 1. The molecule has 1 aromatic rings. The monoisotopic (exact) mass is 244 g/mol. The van der Waals surface area contributed by atoms with Crippen LogP contribution in [0.3, 0.4) is 0 Å². The highest BCUT2D eigenvalue weighted by Crippen LogP contribution is 2.27. The molecule has 0 saturated carbocycles. The lowest BCUT2D eigenvalue weighted by Gasteiger charge is -2.14. The van der Waals surface area contributed by atoms with Crippen LogP contribution < -0.4 is 11.2 Å². The van der Waals surface area contributed by atoms with Crippen LogP contribution in [0.2, 0.25) is 0 Å². The Labute approximate surface area is 97.7 Å². The van der Waals surface area contributed by atoms with Gasteiger partial charge in [-0.05, 0) is 6.92 Å². The van der Waals surface area contributed by atoms with Crippen LogP contribution in [0.5, 0.6) is 0 Å². The topological polar surface area (TPSA) is 105 Å². The van der Waals surface area contributed by atoms with Gasteiger partial charge in [0.1, 0.15) is 12.3 Å². The van der Waals surface area contributed by atoms with Gasteiger partial charge < -0.3 is 14.9 Å². The number of ether oxygens (including phenoxy) is 1. The molecule has 7 nitrogen and oxygen atoms in total. The fourth-order valence-corrected chi connectivity index (χ4v) is 1.68. The molecule has 17 heavy (non-hydrogen) atoms. The van der Waals surface area contributed by atoms with Crippen molar-refractivity contribution in [3.63, 3.8) is 0 Å². The summed E-state index contributed by atoms with van der Waals surface area (Å²) in [6, 6.07) is 0. The number of hydrogen-bond donors (Lipinski definition) is 3. The van der Waals surface area contributed by atoms with E-state index in [1.165, 1.54) is 13.1 Å². The van der Waals surface area contributed by atoms with E-state index in [-0.39, 0.29) is 12.0 Å². The first-order valence-corrected chi connectivity index (χ1v) is 5.17. The van der Waals surface area contributed by atoms with Crippen LogP contribution in [0, 0.1) is 6.92 Å². The number of aromatic nitrogens is 2. The van der Waals surface area contributed by atoms with E-state index in [1.54, 1.807) is 0 Å². The Bertz CT molecular complexity index is 568. The van der Waals surface area contributed by atoms with E-state index in [0.717, 1.165) is 4.57 Å². The molecule has 1 aromatic heterocycles. The van der Waals surface area contributed by atoms with Crippen LogP contribution >= 0.6 is 0 Å². The minimum atomic E-state index is -1.82. The van der Waals surface area contributed by atoms with Gasteiger partial charge >= 0.3 is 5.69 Å². The predicted octanol–water partition coefficient (Wildman–Crippen LogP) is -1.51. The Morgan fingerprint density at radius 3 is 3.00 bits per heavy atom. The van der Waals surface area contributed by atoms with E-state index < -0.39 is 36.3 Å². The molecule has 0 aromatic carbocycles. The zero-order chi connectivity index (χ0) is 13.5. The molecule has 0 unspecified atom stereocenters. The highest BCUT2D eigenvalue weighted by atomic mass is 16.5. The van der Waals surface area contributed by atoms with E-state index in [4.69, 9.17) is 11.2 Å². The normalized spacial score (nSPS) is 33.7. The Balaban J connectivity index is 2.47. The van der Waals surface area contributed by atoms with Crippen molar-refractivity contribution in [1.82, 2.24) is 9.55 Å². The van der Waals surface area contributed by atoms with Gasteiger partial charge in [0.25, 0.3) is 5.56 Å². The molecule has 0 aliphatic carbocycles. The van der Waals surface area contributed by atoms with E-state index in [2.05, 4.69) is 4.98 Å². The fourth-order valence-electron chi connectivity index (χ4n) is 1.68. The molecular formula is C10H14N2O5. The average Bonchev–Trinajstić information content (AvgIpc) is 2.59. The first-order chi connectivity index (χ1) is 8.37. The maximum absolute atomic E-state index is 11.6. The van der Waals surface area contributed by atoms with Crippen LogP contribution in [0.1, 0.15) is 19.6 Å². The molecule has 0 radical (unpaired) electrons. The molecule has 2 heterocycles. The summed E-state index contributed by atoms with van der Waals surface area (Å²) in [5, 5.41) is 18.6. The van der Waals surface area contributed by atoms with Gasteiger partial charge in [0.15, 0.2) is 0 Å². The fraction of sp³-hybridized carbons (Fsp3) is 0.600. The summed E-state index contributed by atoms with van der Waals surface area (Å²) in [4.78, 5) is 24.9. The van der Waals surface area contributed by atoms with Crippen molar-refractivity contribution < 1.29 is 16.3 Å². The SMILES string of the molecule is [3H][C@]1(n2cc(C)c(=O)[nH]c2=O)C[C@H](O)[C@@H](CO)O1. The molecule has 3 N–H and O–H groups in total. The number of H-pyrrole nitrogens is 1. The van der Waals surface area contributed by atoms with Crippen molar-refractivity contribution in [2.45, 2.75) is 31.8 Å². The second-order valence-electron chi connectivity index (χ2n) is 3.95. The zero-order valence-corrected chi connectivity index (χ0v) is 9.21. The molecule has 0 bridgehead atoms. The molecule has 0 spiro atoms. The van der Waals surface area contributed by atoms with Gasteiger partial charge in [0, 0.05) is 18.2 Å². The number of rotatable bonds is 2. The highest BCUT2D eigenvalue weighted by molar-refractivity contribution is 5.02. The van der Waals surface area contributed by atoms with E-state index in [0.29, 0.717) is 0 Å². The third kappa shape index (κ3) is 2.17. The van der Waals surface area contributed by atoms with E-state index >= 15 is 0 Å². The third-order valence-corrected chi connectivity index (χ3v) is 2.67. The first-order valence-electron chi connectivity index (χ1n) is 5.67. The molecule has 2 rings (SSSR count). The average molecular weight is 244 g/mol. The van der Waals surface area contributed by atoms with Crippen molar-refractivity contribution in [1.29, 1.82) is 0 Å². The Morgan fingerprint density at radius 1 is 1.71 bits per heavy atom. The molecule has 1 saturated heterocycles. The molecular weight excluding hydrogens is 228 g/mol. The largest absolute Gasteiger partial charge is 0.394 e. The molecule has 94 valence electrons. The zero-order valence-electron chi connectivity index (χ0n) is 10.2. The Morgan fingerprint density at radius 2 is 2.41 bits per heavy atom. The van der Waals surface area contributed by atoms with Crippen LogP contribution in [-0.2, 0) is 4.74 Å². The quantitative estimate of drug-likeness (QED) is 0.586. The summed E-state index contributed by atoms with van der Waals surface area (Å²) < 4.78 is 14.1. The predicted molar refractivity (Wildman–Crippen MR) is 57.7 cm³/mol. The summed E-state index contributed by atoms with van der Waals surface area (Å²) in [5.41, 5.74) is -1.06. The van der Waals surface area contributed by atoms with Crippen LogP contribution in [0.25, 0.3) is 0 Å². The van der Waals surface area contributed by atoms with Gasteiger partial charge in [-0.15, -0.1) is 0 Å². The lowest BCUT2D eigenvalue weighted by atomic mass is 10.2. The number of aliphatic hydroxyl groups excluding tert-OH is 2. The number of aliphatic hydroxyl groups is 2. The number of aromatic amines is 1. The second-order valence-corrected chi connectivity index (χ2v) is 3.95. The van der Waals surface area contributed by atoms with Gasteiger partial charge in [-0.1, -0.05) is 0 Å². The van der Waals surface area contributed by atoms with E-state index in [1.807, 2.05) is 0 Å². The number of aryl methyl sites for hydroxylation is 1. The van der Waals surface area contributed by atoms with Crippen LogP contribution in [-0.4, -0.2) is 38.6 Å². The van der Waals surface area contributed by atoms with Gasteiger partial charge in [0.05, 0.1) is 14.1 Å². The van der Waals surface area contributed by atoms with Crippen molar-refractivity contribution in [3.05, 3.63) is 32.6 Å². The van der Waals surface area contributed by atoms with Crippen molar-refractivity contribution >= 4 is 0 Å². The van der Waals surface area contributed by atoms with Gasteiger partial charge in [-0.2, -0.15) is 0 Å². The highest BCUT2D eigenvalue weighted by Gasteiger charge is 2.34. The third-order valence-electron chi connectivity index (χ3n) is 2.67. The Kier molecular flexibility index (Phi) is 2.79. The second kappa shape index (κ2) is 4.44. The Hall–Kier alpha value is -1.44. The maximum atomic E-state index is 11.6. The summed E-state index contributed by atoms with van der Waals surface area (Å²) in [6.45, 7) is 1.05. The van der Waals surface area contributed by atoms with Gasteiger partial charge in [-0.3, -0.25) is 14.3 Å². The minimum absolute atomic E-state index is 0.163. The molecule has 7 heteroatoms. The molecule has 3 atom stereocenters. The lowest BCUT2D eigenvalue weighted by Crippen LogP contribution is -2.33. The van der Waals surface area contributed by atoms with Crippen molar-refractivity contribution in [2.24, 2.45) is 0 Å². The minimum Gasteiger partial charge on any atom is -0.394 e. The summed E-state index contributed by atoms with van der Waals surface area (Å²) in [7, 11) is 0. The standard InChI is InChI=1S/C10H14N2O5/c1-5-3-12(10(16)11-9(5)15)8-2-6(14)7(4-13)17-8/h3,6-8,13-14H,2,4H2,1H3,(H,11,15,16)/t6-,7+,8+/m0/s1/i8T. The van der Waals surface area contributed by atoms with E-state index in [9.17, 15) is 14.7 Å². The van der Waals surface area contributed by atoms with Crippen LogP contribution in [0.15, 0.2) is 15.8 Å². The number of hydrogen-bond acceptors (Lipinski definition) is 5. The van der Waals surface area contributed by atoms with Crippen LogP contribution in [0.4, 0.5) is 0 Å². The summed E-state index contributed by atoms with van der Waals surface area (Å²) in [6.07, 6.45) is -2.73. The number of nitrogens with one attached hydrogen (secondary N) is 1. The lowest BCUT2D eigenvalue weighted by molar-refractivity contribution is -0.0459. The first kappa shape index (κ1) is 10.7. The molecule has 1 aliphatic rings. The summed E-state index contributed by atoms with van der Waals surface area (Å²) in [5.74, 6) is 0.